The molecule has 2 aromatic heterocycles. The monoisotopic (exact) mass is 774 g/mol. The summed E-state index contributed by atoms with van der Waals surface area (Å²) in [4.78, 5) is 32.3. The van der Waals surface area contributed by atoms with E-state index in [2.05, 4.69) is 53.0 Å². The fourth-order valence-corrected chi connectivity index (χ4v) is 14.3. The van der Waals surface area contributed by atoms with E-state index in [1.165, 1.54) is 29.9 Å². The number of likely N-dealkylation sites (tertiary alicyclic amines) is 1. The maximum atomic E-state index is 17.2. The lowest BCUT2D eigenvalue weighted by molar-refractivity contribution is -0.146. The molecular formula is C42H52F2N4O6Si. The highest BCUT2D eigenvalue weighted by Crippen LogP contribution is 2.62. The van der Waals surface area contributed by atoms with Crippen molar-refractivity contribution in [2.24, 2.45) is 18.9 Å². The molecule has 1 saturated heterocycles. The molecule has 6 rings (SSSR count). The lowest BCUT2D eigenvalue weighted by Gasteiger charge is -2.38. The molecule has 0 spiro atoms. The van der Waals surface area contributed by atoms with E-state index in [0.29, 0.717) is 49.8 Å². The number of nitrogens with zero attached hydrogens (tertiary/aromatic N) is 4. The molecule has 0 bridgehead atoms. The number of esters is 1. The van der Waals surface area contributed by atoms with Gasteiger partial charge in [-0.25, -0.2) is 18.4 Å². The number of aromatic nitrogens is 3. The molecule has 2 fully saturated rings. The molecule has 0 N–H and O–H groups in total. The molecule has 3 heterocycles. The number of fused-ring (bicyclic) bond motifs is 3. The van der Waals surface area contributed by atoms with Crippen LogP contribution in [0.15, 0.2) is 30.5 Å². The quantitative estimate of drug-likeness (QED) is 0.0720. The summed E-state index contributed by atoms with van der Waals surface area (Å²) in [7, 11) is 2.17. The van der Waals surface area contributed by atoms with Gasteiger partial charge in [0.25, 0.3) is 0 Å². The standard InChI is InChI=1S/C42H52F2N4O6Si/c1-22(2)55(23(3)4,24(5)6)16-15-27-31(43)14-13-25-17-26(53-21-51-11)18-28(32(25)27)37-35(44)38-29(19-45-37)36(46-47(38)10)33-30-20-48(41(50)54-42(7,8)9)39(34(30)33)40(49)52-12/h13-14,17-19,22-24,30,33-34,39H,20-21H2,1-12H3/t30?,33-,34?,39+/m0/s1. The molecule has 1 aliphatic heterocycles. The first kappa shape index (κ1) is 40.1. The van der Waals surface area contributed by atoms with Crippen molar-refractivity contribution in [3.8, 4) is 28.5 Å². The zero-order valence-corrected chi connectivity index (χ0v) is 34.8. The predicted octanol–water partition coefficient (Wildman–Crippen LogP) is 8.74. The Labute approximate surface area is 322 Å². The largest absolute Gasteiger partial charge is 0.468 e. The zero-order chi connectivity index (χ0) is 40.3. The summed E-state index contributed by atoms with van der Waals surface area (Å²) >= 11 is 0. The predicted molar refractivity (Wildman–Crippen MR) is 210 cm³/mol. The van der Waals surface area contributed by atoms with Crippen LogP contribution in [0.3, 0.4) is 0 Å². The van der Waals surface area contributed by atoms with Crippen LogP contribution in [0.25, 0.3) is 32.9 Å². The van der Waals surface area contributed by atoms with Gasteiger partial charge in [-0.15, -0.1) is 5.54 Å². The first-order valence-electron chi connectivity index (χ1n) is 18.9. The maximum absolute atomic E-state index is 17.2. The van der Waals surface area contributed by atoms with Gasteiger partial charge in [0.15, 0.2) is 12.6 Å². The Morgan fingerprint density at radius 2 is 1.71 bits per heavy atom. The molecule has 1 aliphatic carbocycles. The first-order valence-corrected chi connectivity index (χ1v) is 21.1. The number of piperidine rings is 1. The van der Waals surface area contributed by atoms with Crippen LogP contribution in [0.4, 0.5) is 13.6 Å². The van der Waals surface area contributed by atoms with Crippen LogP contribution in [0, 0.1) is 34.9 Å². The van der Waals surface area contributed by atoms with Crippen LogP contribution in [-0.4, -0.2) is 79.0 Å². The number of hydrogen-bond donors (Lipinski definition) is 0. The average Bonchev–Trinajstić information content (AvgIpc) is 3.46. The van der Waals surface area contributed by atoms with Crippen LogP contribution in [0.1, 0.15) is 79.5 Å². The number of rotatable bonds is 9. The van der Waals surface area contributed by atoms with Crippen LogP contribution in [0.5, 0.6) is 5.75 Å². The van der Waals surface area contributed by atoms with Crippen LogP contribution in [-0.2, 0) is 26.1 Å². The van der Waals surface area contributed by atoms with Crippen LogP contribution >= 0.6 is 0 Å². The lowest BCUT2D eigenvalue weighted by atomic mass is 9.95. The Hall–Kier alpha value is -4.54. The SMILES string of the molecule is COCOc1cc(-c2ncc3c([C@H]4C5CN(C(=O)OC(C)(C)C)[C@@H](C(=O)OC)C54)nn(C)c3c2F)c2c(C#C[Si](C(C)C)(C(C)C)C(C)C)c(F)ccc2c1. The molecule has 2 aromatic carbocycles. The van der Waals surface area contributed by atoms with Crippen molar-refractivity contribution in [2.75, 3.05) is 27.6 Å². The third kappa shape index (κ3) is 6.97. The van der Waals surface area contributed by atoms with Gasteiger partial charge in [-0.1, -0.05) is 53.5 Å². The third-order valence-electron chi connectivity index (χ3n) is 11.5. The fourth-order valence-electron chi connectivity index (χ4n) is 9.13. The number of methoxy groups -OCH3 is 2. The lowest BCUT2D eigenvalue weighted by Crippen LogP contribution is -2.46. The Bertz CT molecular complexity index is 2200. The van der Waals surface area contributed by atoms with E-state index in [1.807, 2.05) is 0 Å². The van der Waals surface area contributed by atoms with Crippen molar-refractivity contribution < 1.29 is 37.3 Å². The van der Waals surface area contributed by atoms with Crippen molar-refractivity contribution in [1.29, 1.82) is 0 Å². The molecule has 2 unspecified atom stereocenters. The highest BCUT2D eigenvalue weighted by atomic mass is 28.3. The molecular weight excluding hydrogens is 723 g/mol. The smallest absolute Gasteiger partial charge is 0.411 e. The van der Waals surface area contributed by atoms with Crippen molar-refractivity contribution in [3.05, 3.63) is 53.4 Å². The highest BCUT2D eigenvalue weighted by Gasteiger charge is 2.67. The van der Waals surface area contributed by atoms with Crippen LogP contribution < -0.4 is 4.74 Å². The summed E-state index contributed by atoms with van der Waals surface area (Å²) in [5.41, 5.74) is 5.14. The molecule has 2 aliphatic rings. The number of carbonyl (C=O) groups is 2. The summed E-state index contributed by atoms with van der Waals surface area (Å²) in [5.74, 6) is 1.36. The Morgan fingerprint density at radius 3 is 2.31 bits per heavy atom. The first-order chi connectivity index (χ1) is 25.9. The van der Waals surface area contributed by atoms with E-state index in [-0.39, 0.29) is 47.9 Å². The van der Waals surface area contributed by atoms with E-state index < -0.39 is 43.4 Å². The minimum Gasteiger partial charge on any atom is -0.468 e. The topological polar surface area (TPSA) is 105 Å². The summed E-state index contributed by atoms with van der Waals surface area (Å²) in [6, 6.07) is 5.57. The molecule has 4 atom stereocenters. The van der Waals surface area contributed by atoms with Gasteiger partial charge in [0.2, 0.25) is 0 Å². The second-order valence-corrected chi connectivity index (χ2v) is 22.3. The number of hydrogen-bond acceptors (Lipinski definition) is 8. The van der Waals surface area contributed by atoms with Crippen molar-refractivity contribution in [2.45, 2.75) is 96.5 Å². The summed E-state index contributed by atoms with van der Waals surface area (Å²) < 4.78 is 56.4. The number of ether oxygens (including phenoxy) is 4. The highest BCUT2D eigenvalue weighted by molar-refractivity contribution is 6.90. The second-order valence-electron chi connectivity index (χ2n) is 16.7. The molecule has 1 saturated carbocycles. The summed E-state index contributed by atoms with van der Waals surface area (Å²) in [5, 5.41) is 6.30. The number of benzene rings is 2. The third-order valence-corrected chi connectivity index (χ3v) is 17.8. The van der Waals surface area contributed by atoms with E-state index in [1.54, 1.807) is 52.2 Å². The van der Waals surface area contributed by atoms with Gasteiger partial charge in [-0.05, 0) is 66.9 Å². The van der Waals surface area contributed by atoms with Gasteiger partial charge in [0.1, 0.15) is 42.5 Å². The molecule has 13 heteroatoms. The van der Waals surface area contributed by atoms with E-state index in [0.717, 1.165) is 0 Å². The van der Waals surface area contributed by atoms with E-state index in [4.69, 9.17) is 29.0 Å². The molecule has 294 valence electrons. The molecule has 55 heavy (non-hydrogen) atoms. The minimum absolute atomic E-state index is 0.0109. The number of aryl methyl sites for hydroxylation is 1. The van der Waals surface area contributed by atoms with Gasteiger partial charge in [0.05, 0.1) is 18.4 Å². The van der Waals surface area contributed by atoms with Gasteiger partial charge >= 0.3 is 12.1 Å². The van der Waals surface area contributed by atoms with Gasteiger partial charge in [-0.3, -0.25) is 14.6 Å². The van der Waals surface area contributed by atoms with Gasteiger partial charge in [0, 0.05) is 55.1 Å². The zero-order valence-electron chi connectivity index (χ0n) is 33.8. The van der Waals surface area contributed by atoms with Crippen molar-refractivity contribution in [3.63, 3.8) is 0 Å². The fraction of sp³-hybridized carbons (Fsp3) is 0.524. The van der Waals surface area contributed by atoms with Gasteiger partial charge in [-0.2, -0.15) is 5.10 Å². The minimum atomic E-state index is -2.28. The van der Waals surface area contributed by atoms with E-state index >= 15 is 8.78 Å². The van der Waals surface area contributed by atoms with Crippen molar-refractivity contribution in [1.82, 2.24) is 19.7 Å². The Kier molecular flexibility index (Phi) is 10.8. The average molecular weight is 775 g/mol. The number of carbonyl (C=O) groups excluding carboxylic acids is 2. The number of halogens is 2. The molecule has 10 nitrogen and oxygen atoms in total. The Balaban J connectivity index is 1.49. The molecule has 1 amide bonds. The van der Waals surface area contributed by atoms with Gasteiger partial charge < -0.3 is 18.9 Å². The molecule has 4 aromatic rings. The van der Waals surface area contributed by atoms with Crippen LogP contribution in [0.2, 0.25) is 16.6 Å². The normalized spacial score (nSPS) is 19.6. The van der Waals surface area contributed by atoms with Crippen molar-refractivity contribution >= 4 is 41.8 Å². The summed E-state index contributed by atoms with van der Waals surface area (Å²) in [6.45, 7) is 18.7. The molecule has 0 radical (unpaired) electrons. The number of pyridine rings is 1. The maximum Gasteiger partial charge on any atom is 0.411 e. The summed E-state index contributed by atoms with van der Waals surface area (Å²) in [6.07, 6.45) is 0.989. The van der Waals surface area contributed by atoms with E-state index in [9.17, 15) is 9.59 Å². The second kappa shape index (κ2) is 14.8. The number of amides is 1. The Morgan fingerprint density at radius 1 is 1.04 bits per heavy atom.